The molecule has 2 rings (SSSR count). The average molecular weight is 190 g/mol. The zero-order valence-corrected chi connectivity index (χ0v) is 7.92. The maximum absolute atomic E-state index is 13.2. The fraction of sp³-hybridized carbons (Fsp3) is 0.182. The Morgan fingerprint density at radius 1 is 1.36 bits per heavy atom. The quantitative estimate of drug-likeness (QED) is 0.775. The molecule has 1 N–H and O–H groups in total. The van der Waals surface area contributed by atoms with Gasteiger partial charge in [-0.25, -0.2) is 4.39 Å². The lowest BCUT2D eigenvalue weighted by molar-refractivity contribution is 0.612. The van der Waals surface area contributed by atoms with Gasteiger partial charge in [-0.1, -0.05) is 6.92 Å². The Kier molecular flexibility index (Phi) is 2.31. The van der Waals surface area contributed by atoms with E-state index in [1.54, 1.807) is 12.3 Å². The number of benzene rings is 1. The van der Waals surface area contributed by atoms with E-state index in [0.717, 1.165) is 16.8 Å². The van der Waals surface area contributed by atoms with Crippen molar-refractivity contribution in [3.8, 4) is 11.3 Å². The smallest absolute Gasteiger partial charge is 0.126 e. The third-order valence-corrected chi connectivity index (χ3v) is 2.24. The van der Waals surface area contributed by atoms with Crippen molar-refractivity contribution in [1.29, 1.82) is 0 Å². The van der Waals surface area contributed by atoms with Crippen LogP contribution in [0.1, 0.15) is 12.5 Å². The van der Waals surface area contributed by atoms with E-state index in [2.05, 4.69) is 10.2 Å². The van der Waals surface area contributed by atoms with Gasteiger partial charge >= 0.3 is 0 Å². The summed E-state index contributed by atoms with van der Waals surface area (Å²) in [5.41, 5.74) is 2.62. The first-order valence-electron chi connectivity index (χ1n) is 4.59. The second kappa shape index (κ2) is 3.62. The van der Waals surface area contributed by atoms with Gasteiger partial charge in [0.25, 0.3) is 0 Å². The van der Waals surface area contributed by atoms with Crippen molar-refractivity contribution >= 4 is 0 Å². The number of rotatable bonds is 2. The molecule has 0 atom stereocenters. The van der Waals surface area contributed by atoms with Crippen LogP contribution in [0.15, 0.2) is 30.5 Å². The summed E-state index contributed by atoms with van der Waals surface area (Å²) in [7, 11) is 0. The highest BCUT2D eigenvalue weighted by Crippen LogP contribution is 2.19. The van der Waals surface area contributed by atoms with E-state index in [1.165, 1.54) is 6.07 Å². The van der Waals surface area contributed by atoms with E-state index in [0.29, 0.717) is 6.42 Å². The van der Waals surface area contributed by atoms with Crippen molar-refractivity contribution in [2.75, 3.05) is 0 Å². The van der Waals surface area contributed by atoms with Gasteiger partial charge in [-0.15, -0.1) is 0 Å². The fourth-order valence-electron chi connectivity index (χ4n) is 1.43. The van der Waals surface area contributed by atoms with Gasteiger partial charge in [-0.3, -0.25) is 5.10 Å². The summed E-state index contributed by atoms with van der Waals surface area (Å²) in [6.45, 7) is 1.94. The molecule has 1 heterocycles. The van der Waals surface area contributed by atoms with Crippen LogP contribution in [0.5, 0.6) is 0 Å². The molecular weight excluding hydrogens is 179 g/mol. The fourth-order valence-corrected chi connectivity index (χ4v) is 1.43. The SMILES string of the molecule is CCc1cc(-c2ccn[nH]2)ccc1F. The molecule has 2 aromatic rings. The van der Waals surface area contributed by atoms with E-state index < -0.39 is 0 Å². The molecule has 0 saturated carbocycles. The molecule has 14 heavy (non-hydrogen) atoms. The molecule has 1 aromatic carbocycles. The Morgan fingerprint density at radius 2 is 2.21 bits per heavy atom. The molecule has 0 bridgehead atoms. The number of aromatic amines is 1. The van der Waals surface area contributed by atoms with Gasteiger partial charge in [0.15, 0.2) is 0 Å². The molecule has 0 amide bonds. The Morgan fingerprint density at radius 3 is 2.86 bits per heavy atom. The van der Waals surface area contributed by atoms with Gasteiger partial charge in [-0.05, 0) is 41.8 Å². The molecule has 1 aromatic heterocycles. The first-order valence-corrected chi connectivity index (χ1v) is 4.59. The second-order valence-corrected chi connectivity index (χ2v) is 3.13. The van der Waals surface area contributed by atoms with E-state index in [1.807, 2.05) is 19.1 Å². The number of hydrogen-bond acceptors (Lipinski definition) is 1. The lowest BCUT2D eigenvalue weighted by Gasteiger charge is -2.02. The molecule has 0 aliphatic carbocycles. The molecule has 2 nitrogen and oxygen atoms in total. The molecule has 72 valence electrons. The highest BCUT2D eigenvalue weighted by atomic mass is 19.1. The van der Waals surface area contributed by atoms with Crippen LogP contribution in [0.25, 0.3) is 11.3 Å². The molecule has 0 fully saturated rings. The van der Waals surface area contributed by atoms with Gasteiger partial charge < -0.3 is 0 Å². The molecule has 3 heteroatoms. The normalized spacial score (nSPS) is 10.4. The number of halogens is 1. The minimum atomic E-state index is -0.143. The maximum atomic E-state index is 13.2. The third kappa shape index (κ3) is 1.53. The molecule has 0 aliphatic rings. The zero-order chi connectivity index (χ0) is 9.97. The number of H-pyrrole nitrogens is 1. The topological polar surface area (TPSA) is 28.7 Å². The first kappa shape index (κ1) is 8.94. The highest BCUT2D eigenvalue weighted by Gasteiger charge is 2.03. The number of aryl methyl sites for hydroxylation is 1. The lowest BCUT2D eigenvalue weighted by Crippen LogP contribution is -1.88. The molecule has 0 saturated heterocycles. The third-order valence-electron chi connectivity index (χ3n) is 2.24. The van der Waals surface area contributed by atoms with Gasteiger partial charge in [0.2, 0.25) is 0 Å². The van der Waals surface area contributed by atoms with E-state index in [9.17, 15) is 4.39 Å². The average Bonchev–Trinajstić information content (AvgIpc) is 2.71. The number of nitrogens with zero attached hydrogens (tertiary/aromatic N) is 1. The van der Waals surface area contributed by atoms with Crippen LogP contribution in [-0.2, 0) is 6.42 Å². The largest absolute Gasteiger partial charge is 0.278 e. The highest BCUT2D eigenvalue weighted by molar-refractivity contribution is 5.59. The summed E-state index contributed by atoms with van der Waals surface area (Å²) in [6.07, 6.45) is 2.39. The molecule has 0 aliphatic heterocycles. The number of aromatic nitrogens is 2. The molecular formula is C11H11FN2. The number of nitrogens with one attached hydrogen (secondary N) is 1. The Labute approximate surface area is 81.8 Å². The van der Waals surface area contributed by atoms with E-state index in [-0.39, 0.29) is 5.82 Å². The van der Waals surface area contributed by atoms with Crippen LogP contribution in [0.3, 0.4) is 0 Å². The lowest BCUT2D eigenvalue weighted by atomic mass is 10.1. The van der Waals surface area contributed by atoms with Gasteiger partial charge in [0.05, 0.1) is 5.69 Å². The van der Waals surface area contributed by atoms with E-state index in [4.69, 9.17) is 0 Å². The van der Waals surface area contributed by atoms with Crippen molar-refractivity contribution < 1.29 is 4.39 Å². The molecule has 0 spiro atoms. The minimum Gasteiger partial charge on any atom is -0.278 e. The van der Waals surface area contributed by atoms with Gasteiger partial charge in [0.1, 0.15) is 5.82 Å². The molecule has 0 radical (unpaired) electrons. The van der Waals surface area contributed by atoms with Crippen LogP contribution < -0.4 is 0 Å². The van der Waals surface area contributed by atoms with Gasteiger partial charge in [0, 0.05) is 6.20 Å². The van der Waals surface area contributed by atoms with E-state index >= 15 is 0 Å². The monoisotopic (exact) mass is 190 g/mol. The minimum absolute atomic E-state index is 0.143. The number of hydrogen-bond donors (Lipinski definition) is 1. The summed E-state index contributed by atoms with van der Waals surface area (Å²) >= 11 is 0. The predicted molar refractivity (Wildman–Crippen MR) is 53.4 cm³/mol. The van der Waals surface area contributed by atoms with Crippen LogP contribution >= 0.6 is 0 Å². The molecule has 0 unspecified atom stereocenters. The van der Waals surface area contributed by atoms with Crippen LogP contribution in [0, 0.1) is 5.82 Å². The zero-order valence-electron chi connectivity index (χ0n) is 7.92. The summed E-state index contributed by atoms with van der Waals surface area (Å²) < 4.78 is 13.2. The summed E-state index contributed by atoms with van der Waals surface area (Å²) in [6, 6.07) is 6.96. The predicted octanol–water partition coefficient (Wildman–Crippen LogP) is 2.78. The maximum Gasteiger partial charge on any atom is 0.126 e. The second-order valence-electron chi connectivity index (χ2n) is 3.13. The Hall–Kier alpha value is -1.64. The summed E-state index contributed by atoms with van der Waals surface area (Å²) in [5.74, 6) is -0.143. The van der Waals surface area contributed by atoms with Gasteiger partial charge in [-0.2, -0.15) is 5.10 Å². The summed E-state index contributed by atoms with van der Waals surface area (Å²) in [4.78, 5) is 0. The van der Waals surface area contributed by atoms with Crippen LogP contribution in [-0.4, -0.2) is 10.2 Å². The Balaban J connectivity index is 2.46. The standard InChI is InChI=1S/C11H11FN2/c1-2-8-7-9(3-4-10(8)12)11-5-6-13-14-11/h3-7H,2H2,1H3,(H,13,14). The van der Waals surface area contributed by atoms with Crippen LogP contribution in [0.2, 0.25) is 0 Å². The van der Waals surface area contributed by atoms with Crippen molar-refractivity contribution in [3.05, 3.63) is 41.8 Å². The van der Waals surface area contributed by atoms with Crippen LogP contribution in [0.4, 0.5) is 4.39 Å². The van der Waals surface area contributed by atoms with Crippen molar-refractivity contribution in [2.45, 2.75) is 13.3 Å². The van der Waals surface area contributed by atoms with Crippen molar-refractivity contribution in [2.24, 2.45) is 0 Å². The Bertz CT molecular complexity index is 421. The summed E-state index contributed by atoms with van der Waals surface area (Å²) in [5, 5.41) is 6.71. The van der Waals surface area contributed by atoms with Crippen molar-refractivity contribution in [3.63, 3.8) is 0 Å². The van der Waals surface area contributed by atoms with Crippen molar-refractivity contribution in [1.82, 2.24) is 10.2 Å². The first-order chi connectivity index (χ1) is 6.81.